The molecule has 1 rings (SSSR count). The molecule has 0 aliphatic carbocycles. The molecule has 14 heavy (non-hydrogen) atoms. The van der Waals surface area contributed by atoms with Gasteiger partial charge in [-0.1, -0.05) is 12.2 Å². The van der Waals surface area contributed by atoms with Crippen LogP contribution in [0.4, 0.5) is 5.13 Å². The Morgan fingerprint density at radius 1 is 1.93 bits per heavy atom. The summed E-state index contributed by atoms with van der Waals surface area (Å²) in [5.74, 6) is 0. The van der Waals surface area contributed by atoms with Gasteiger partial charge in [0.15, 0.2) is 5.38 Å². The van der Waals surface area contributed by atoms with E-state index in [4.69, 9.17) is 22.8 Å². The summed E-state index contributed by atoms with van der Waals surface area (Å²) in [5, 5.41) is 1.97. The van der Waals surface area contributed by atoms with Gasteiger partial charge in [0.2, 0.25) is 0 Å². The quantitative estimate of drug-likeness (QED) is 0.371. The Morgan fingerprint density at radius 2 is 2.50 bits per heavy atom. The molecule has 0 amide bonds. The molecule has 1 heterocycles. The average molecular weight is 317 g/mol. The zero-order valence-electron chi connectivity index (χ0n) is 6.71. The topological polar surface area (TPSA) is 99.3 Å². The van der Waals surface area contributed by atoms with E-state index in [1.165, 1.54) is 0 Å². The lowest BCUT2D eigenvalue weighted by atomic mass is 10.4. The van der Waals surface area contributed by atoms with E-state index in [0.29, 0.717) is 10.8 Å². The fourth-order valence-electron chi connectivity index (χ4n) is 0.738. The Morgan fingerprint density at radius 3 is 2.86 bits per heavy atom. The Labute approximate surface area is 95.7 Å². The maximum Gasteiger partial charge on any atom is 0.349 e. The molecule has 3 N–H and O–H groups in total. The first-order chi connectivity index (χ1) is 6.29. The molecule has 0 spiro atoms. The van der Waals surface area contributed by atoms with E-state index in [9.17, 15) is 9.46 Å². The van der Waals surface area contributed by atoms with Crippen LogP contribution in [-0.2, 0) is 4.57 Å². The van der Waals surface area contributed by atoms with E-state index in [0.717, 1.165) is 0 Å². The summed E-state index contributed by atoms with van der Waals surface area (Å²) in [6.07, 6.45) is -0.574. The molecule has 5 nitrogen and oxygen atoms in total. The first-order valence-electron chi connectivity index (χ1n) is 3.31. The number of thiazole rings is 1. The largest absolute Gasteiger partial charge is 0.778 e. The van der Waals surface area contributed by atoms with Gasteiger partial charge in [-0.3, -0.25) is 0 Å². The second kappa shape index (κ2) is 4.34. The predicted octanol–water partition coefficient (Wildman–Crippen LogP) is 0.835. The summed E-state index contributed by atoms with van der Waals surface area (Å²) in [6, 6.07) is 0. The van der Waals surface area contributed by atoms with Crippen LogP contribution >= 0.6 is 43.5 Å². The smallest absolute Gasteiger partial charge is 0.349 e. The number of aromatic nitrogens is 1. The van der Waals surface area contributed by atoms with Gasteiger partial charge < -0.3 is 20.1 Å². The fraction of sp³-hybridized carbons (Fsp3) is 0.200. The number of rotatable bonds is 3. The van der Waals surface area contributed by atoms with Crippen molar-refractivity contribution in [3.63, 3.8) is 0 Å². The summed E-state index contributed by atoms with van der Waals surface area (Å²) in [4.78, 5) is 23.1. The van der Waals surface area contributed by atoms with E-state index >= 15 is 0 Å². The first kappa shape index (κ1) is 12.2. The number of nitrogens with two attached hydrogens (primary N) is 1. The molecular formula is C5H6BrN2O3PS2. The summed E-state index contributed by atoms with van der Waals surface area (Å²) in [5.41, 5.74) is 5.80. The van der Waals surface area contributed by atoms with Crippen molar-refractivity contribution in [3.05, 3.63) is 11.1 Å². The fourth-order valence-corrected chi connectivity index (χ4v) is 3.38. The van der Waals surface area contributed by atoms with Gasteiger partial charge in [-0.25, -0.2) is 0 Å². The third-order valence-corrected chi connectivity index (χ3v) is 5.03. The highest BCUT2D eigenvalue weighted by molar-refractivity contribution is 9.34. The molecule has 2 atom stereocenters. The van der Waals surface area contributed by atoms with E-state index in [1.54, 1.807) is 5.38 Å². The van der Waals surface area contributed by atoms with Crippen LogP contribution in [0, 0.1) is 0 Å². The molecule has 0 aliphatic rings. The van der Waals surface area contributed by atoms with Crippen LogP contribution < -0.4 is 10.6 Å². The standard InChI is InChI=1S/C5H6BrN2O3PS2/c6-14-2-3(8-5(14)7)4(13)1-12(9,10)11/h2H,1H2,(H3-,7,8,9,10,11). The van der Waals surface area contributed by atoms with Crippen molar-refractivity contribution in [3.8, 4) is 0 Å². The highest BCUT2D eigenvalue weighted by Crippen LogP contribution is 2.35. The van der Waals surface area contributed by atoms with Crippen LogP contribution in [0.3, 0.4) is 0 Å². The minimum atomic E-state index is -4.37. The molecule has 9 heteroatoms. The summed E-state index contributed by atoms with van der Waals surface area (Å²) in [7, 11) is -4.85. The molecule has 2 unspecified atom stereocenters. The van der Waals surface area contributed by atoms with Gasteiger partial charge >= 0.3 is 5.13 Å². The monoisotopic (exact) mass is 316 g/mol. The molecule has 78 valence electrons. The third-order valence-electron chi connectivity index (χ3n) is 1.27. The normalized spacial score (nSPS) is 16.4. The minimum Gasteiger partial charge on any atom is -0.778 e. The van der Waals surface area contributed by atoms with Gasteiger partial charge in [0, 0.05) is 6.16 Å². The maximum absolute atomic E-state index is 10.5. The van der Waals surface area contributed by atoms with Crippen molar-refractivity contribution in [2.45, 2.75) is 0 Å². The van der Waals surface area contributed by atoms with Crippen LogP contribution in [0.5, 0.6) is 0 Å². The molecule has 0 radical (unpaired) electrons. The Kier molecular flexibility index (Phi) is 3.79. The van der Waals surface area contributed by atoms with E-state index in [1.807, 2.05) is 0 Å². The maximum atomic E-state index is 10.5. The van der Waals surface area contributed by atoms with Crippen molar-refractivity contribution in [2.24, 2.45) is 0 Å². The highest BCUT2D eigenvalue weighted by atomic mass is 79.9. The average Bonchev–Trinajstić information content (AvgIpc) is 2.28. The second-order valence-electron chi connectivity index (χ2n) is 2.46. The van der Waals surface area contributed by atoms with E-state index < -0.39 is 22.7 Å². The van der Waals surface area contributed by atoms with Crippen LogP contribution in [0.1, 0.15) is 5.69 Å². The highest BCUT2D eigenvalue weighted by Gasteiger charge is 2.19. The van der Waals surface area contributed by atoms with Gasteiger partial charge in [-0.2, -0.15) is 4.98 Å². The Balaban J connectivity index is 2.86. The lowest BCUT2D eigenvalue weighted by Crippen LogP contribution is -2.12. The first-order valence-corrected chi connectivity index (χ1v) is 8.61. The molecule has 0 saturated heterocycles. The van der Waals surface area contributed by atoms with Crippen molar-refractivity contribution >= 4 is 53.5 Å². The van der Waals surface area contributed by atoms with Crippen molar-refractivity contribution in [1.29, 1.82) is 0 Å². The van der Waals surface area contributed by atoms with E-state index in [-0.39, 0.29) is 4.86 Å². The van der Waals surface area contributed by atoms with Crippen LogP contribution in [0.2, 0.25) is 0 Å². The van der Waals surface area contributed by atoms with Gasteiger partial charge in [0.25, 0.3) is 14.8 Å². The number of halogens is 1. The third kappa shape index (κ3) is 3.38. The summed E-state index contributed by atoms with van der Waals surface area (Å²) >= 11 is 8.01. The molecule has 0 saturated carbocycles. The Bertz CT molecular complexity index is 396. The zero-order valence-corrected chi connectivity index (χ0v) is 10.8. The number of anilines is 1. The number of nitrogens with zero attached hydrogens (tertiary/aromatic N) is 1. The zero-order chi connectivity index (χ0) is 10.9. The minimum absolute atomic E-state index is 0.0724. The molecule has 1 aromatic rings. The van der Waals surface area contributed by atoms with Crippen LogP contribution in [0.25, 0.3) is 0 Å². The van der Waals surface area contributed by atoms with Crippen molar-refractivity contribution < 1.29 is 14.4 Å². The molecule has 0 aromatic carbocycles. The lowest BCUT2D eigenvalue weighted by molar-refractivity contribution is -0.192. The number of thiocarbonyl (C=S) groups is 1. The van der Waals surface area contributed by atoms with E-state index in [2.05, 4.69) is 19.8 Å². The molecular weight excluding hydrogens is 311 g/mol. The summed E-state index contributed by atoms with van der Waals surface area (Å²) < 4.78 is 10.5. The predicted molar refractivity (Wildman–Crippen MR) is 61.8 cm³/mol. The Hall–Kier alpha value is 0.150. The van der Waals surface area contributed by atoms with Gasteiger partial charge in [-0.05, 0) is 0 Å². The number of hydrogen-bond donors (Lipinski definition) is 2. The van der Waals surface area contributed by atoms with Crippen LogP contribution in [-0.4, -0.2) is 20.9 Å². The summed E-state index contributed by atoms with van der Waals surface area (Å²) in [6.45, 7) is 0. The second-order valence-corrected chi connectivity index (χ2v) is 7.85. The lowest BCUT2D eigenvalue weighted by Gasteiger charge is -2.14. The molecule has 1 aromatic heterocycles. The molecule has 0 fully saturated rings. The van der Waals surface area contributed by atoms with Gasteiger partial charge in [0.1, 0.15) is 22.2 Å². The molecule has 0 bridgehead atoms. The van der Waals surface area contributed by atoms with Crippen molar-refractivity contribution in [2.75, 3.05) is 11.9 Å². The number of nitrogen functional groups attached to an aromatic ring is 1. The van der Waals surface area contributed by atoms with Gasteiger partial charge in [-0.15, -0.1) is 0 Å². The number of hydrogen-bond acceptors (Lipinski definition) is 5. The van der Waals surface area contributed by atoms with Crippen LogP contribution in [0.15, 0.2) is 5.38 Å². The van der Waals surface area contributed by atoms with Gasteiger partial charge in [0.05, 0.1) is 4.86 Å². The van der Waals surface area contributed by atoms with Crippen molar-refractivity contribution in [1.82, 2.24) is 4.98 Å². The SMILES string of the molecule is Nc1nc(C(=S)CP(=O)([O-])O)c[s+]1Br. The molecule has 0 aliphatic heterocycles.